The molecule has 1 aliphatic heterocycles. The molecular weight excluding hydrogens is 166 g/mol. The molecule has 12 heavy (non-hydrogen) atoms. The zero-order chi connectivity index (χ0) is 8.28. The standard InChI is InChI=1S/C10H19NS/c1-2-4-7-10(6-3-1)11-8-5-9-12-10/h11H,1-9H2. The number of hydrogen-bond acceptors (Lipinski definition) is 2. The van der Waals surface area contributed by atoms with Crippen molar-refractivity contribution in [1.29, 1.82) is 0 Å². The van der Waals surface area contributed by atoms with Gasteiger partial charge in [-0.3, -0.25) is 0 Å². The maximum absolute atomic E-state index is 3.74. The van der Waals surface area contributed by atoms with E-state index < -0.39 is 0 Å². The van der Waals surface area contributed by atoms with Gasteiger partial charge in [0.15, 0.2) is 0 Å². The molecule has 0 radical (unpaired) electrons. The fraction of sp³-hybridized carbons (Fsp3) is 1.00. The van der Waals surface area contributed by atoms with Gasteiger partial charge in [0.1, 0.15) is 0 Å². The van der Waals surface area contributed by atoms with Crippen LogP contribution < -0.4 is 5.32 Å². The second-order valence-electron chi connectivity index (χ2n) is 4.04. The van der Waals surface area contributed by atoms with Gasteiger partial charge in [0, 0.05) is 0 Å². The third-order valence-electron chi connectivity index (χ3n) is 3.06. The summed E-state index contributed by atoms with van der Waals surface area (Å²) in [4.78, 5) is 0.509. The molecule has 2 aliphatic rings. The third-order valence-corrected chi connectivity index (χ3v) is 4.66. The van der Waals surface area contributed by atoms with Crippen LogP contribution in [0.1, 0.15) is 44.9 Å². The fourth-order valence-corrected chi connectivity index (χ4v) is 3.79. The van der Waals surface area contributed by atoms with E-state index in [-0.39, 0.29) is 0 Å². The van der Waals surface area contributed by atoms with Crippen molar-refractivity contribution in [3.8, 4) is 0 Å². The molecule has 1 saturated carbocycles. The van der Waals surface area contributed by atoms with Gasteiger partial charge in [-0.25, -0.2) is 0 Å². The van der Waals surface area contributed by atoms with Crippen LogP contribution >= 0.6 is 11.8 Å². The molecule has 1 saturated heterocycles. The topological polar surface area (TPSA) is 12.0 Å². The lowest BCUT2D eigenvalue weighted by atomic mass is 10.1. The number of nitrogens with one attached hydrogen (secondary N) is 1. The zero-order valence-corrected chi connectivity index (χ0v) is 8.59. The number of hydrogen-bond donors (Lipinski definition) is 1. The fourth-order valence-electron chi connectivity index (χ4n) is 2.33. The highest BCUT2D eigenvalue weighted by molar-refractivity contribution is 8.00. The van der Waals surface area contributed by atoms with Crippen molar-refractivity contribution < 1.29 is 0 Å². The van der Waals surface area contributed by atoms with Gasteiger partial charge >= 0.3 is 0 Å². The first-order chi connectivity index (χ1) is 5.91. The van der Waals surface area contributed by atoms with Crippen LogP contribution in [0.15, 0.2) is 0 Å². The molecule has 70 valence electrons. The molecule has 0 aromatic rings. The van der Waals surface area contributed by atoms with Crippen molar-refractivity contribution in [2.45, 2.75) is 49.8 Å². The molecule has 1 heterocycles. The molecule has 1 spiro atoms. The largest absolute Gasteiger partial charge is 0.303 e. The van der Waals surface area contributed by atoms with Crippen molar-refractivity contribution in [2.24, 2.45) is 0 Å². The van der Waals surface area contributed by atoms with Gasteiger partial charge in [0.05, 0.1) is 4.87 Å². The van der Waals surface area contributed by atoms with Gasteiger partial charge in [-0.1, -0.05) is 25.7 Å². The predicted molar refractivity (Wildman–Crippen MR) is 55.5 cm³/mol. The Hall–Kier alpha value is 0.310. The minimum Gasteiger partial charge on any atom is -0.303 e. The Morgan fingerprint density at radius 3 is 2.25 bits per heavy atom. The molecule has 0 aromatic carbocycles. The van der Waals surface area contributed by atoms with E-state index >= 15 is 0 Å². The van der Waals surface area contributed by atoms with Crippen LogP contribution in [0, 0.1) is 0 Å². The molecule has 1 N–H and O–H groups in total. The second kappa shape index (κ2) is 4.01. The van der Waals surface area contributed by atoms with Crippen LogP contribution in [-0.4, -0.2) is 17.2 Å². The third kappa shape index (κ3) is 1.97. The first-order valence-corrected chi connectivity index (χ1v) is 6.29. The Morgan fingerprint density at radius 1 is 0.917 bits per heavy atom. The lowest BCUT2D eigenvalue weighted by Gasteiger charge is -2.37. The first kappa shape index (κ1) is 8.89. The van der Waals surface area contributed by atoms with Crippen LogP contribution in [0.3, 0.4) is 0 Å². The van der Waals surface area contributed by atoms with E-state index in [2.05, 4.69) is 17.1 Å². The van der Waals surface area contributed by atoms with E-state index in [1.807, 2.05) is 0 Å². The van der Waals surface area contributed by atoms with Crippen molar-refractivity contribution in [3.05, 3.63) is 0 Å². The summed E-state index contributed by atoms with van der Waals surface area (Å²) in [7, 11) is 0. The summed E-state index contributed by atoms with van der Waals surface area (Å²) < 4.78 is 0. The van der Waals surface area contributed by atoms with Crippen LogP contribution in [-0.2, 0) is 0 Å². The van der Waals surface area contributed by atoms with Gasteiger partial charge in [0.25, 0.3) is 0 Å². The van der Waals surface area contributed by atoms with E-state index in [1.54, 1.807) is 0 Å². The average Bonchev–Trinajstić information content (AvgIpc) is 2.33. The molecule has 2 rings (SSSR count). The Balaban J connectivity index is 1.95. The Bertz CT molecular complexity index is 131. The summed E-state index contributed by atoms with van der Waals surface area (Å²) in [5.74, 6) is 1.38. The van der Waals surface area contributed by atoms with E-state index in [0.29, 0.717) is 4.87 Å². The lowest BCUT2D eigenvalue weighted by molar-refractivity contribution is 0.405. The summed E-state index contributed by atoms with van der Waals surface area (Å²) in [6, 6.07) is 0. The monoisotopic (exact) mass is 185 g/mol. The van der Waals surface area contributed by atoms with Crippen molar-refractivity contribution in [3.63, 3.8) is 0 Å². The molecule has 0 unspecified atom stereocenters. The van der Waals surface area contributed by atoms with Crippen LogP contribution in [0.5, 0.6) is 0 Å². The molecule has 2 heteroatoms. The van der Waals surface area contributed by atoms with Gasteiger partial charge < -0.3 is 5.32 Å². The van der Waals surface area contributed by atoms with E-state index in [0.717, 1.165) is 0 Å². The number of rotatable bonds is 0. The highest BCUT2D eigenvalue weighted by Gasteiger charge is 2.32. The summed E-state index contributed by atoms with van der Waals surface area (Å²) in [5, 5.41) is 3.74. The molecule has 0 atom stereocenters. The molecule has 0 aromatic heterocycles. The van der Waals surface area contributed by atoms with Crippen LogP contribution in [0.2, 0.25) is 0 Å². The normalized spacial score (nSPS) is 30.0. The Labute approximate surface area is 79.7 Å². The van der Waals surface area contributed by atoms with Crippen molar-refractivity contribution in [2.75, 3.05) is 12.3 Å². The quantitative estimate of drug-likeness (QED) is 0.623. The summed E-state index contributed by atoms with van der Waals surface area (Å²) in [5.41, 5.74) is 0. The minimum atomic E-state index is 0.509. The van der Waals surface area contributed by atoms with Crippen molar-refractivity contribution >= 4 is 11.8 Å². The first-order valence-electron chi connectivity index (χ1n) is 5.30. The maximum Gasteiger partial charge on any atom is 0.0645 e. The van der Waals surface area contributed by atoms with Gasteiger partial charge in [0.2, 0.25) is 0 Å². The second-order valence-corrected chi connectivity index (χ2v) is 5.52. The van der Waals surface area contributed by atoms with E-state index in [1.165, 1.54) is 57.2 Å². The molecular formula is C10H19NS. The SMILES string of the molecule is C1CCCC2(CC1)NCCCS2. The molecule has 0 amide bonds. The molecule has 1 nitrogen and oxygen atoms in total. The Kier molecular flexibility index (Phi) is 2.97. The summed E-state index contributed by atoms with van der Waals surface area (Å²) >= 11 is 2.19. The maximum atomic E-state index is 3.74. The average molecular weight is 185 g/mol. The molecule has 0 bridgehead atoms. The zero-order valence-electron chi connectivity index (χ0n) is 7.77. The van der Waals surface area contributed by atoms with Gasteiger partial charge in [-0.05, 0) is 31.6 Å². The highest BCUT2D eigenvalue weighted by Crippen LogP contribution is 2.38. The summed E-state index contributed by atoms with van der Waals surface area (Å²) in [6.45, 7) is 1.26. The van der Waals surface area contributed by atoms with Gasteiger partial charge in [-0.2, -0.15) is 0 Å². The minimum absolute atomic E-state index is 0.509. The summed E-state index contributed by atoms with van der Waals surface area (Å²) in [6.07, 6.45) is 10.0. The van der Waals surface area contributed by atoms with Crippen LogP contribution in [0.25, 0.3) is 0 Å². The van der Waals surface area contributed by atoms with E-state index in [9.17, 15) is 0 Å². The van der Waals surface area contributed by atoms with Gasteiger partial charge in [-0.15, -0.1) is 11.8 Å². The van der Waals surface area contributed by atoms with E-state index in [4.69, 9.17) is 0 Å². The van der Waals surface area contributed by atoms with Crippen molar-refractivity contribution in [1.82, 2.24) is 5.32 Å². The highest BCUT2D eigenvalue weighted by atomic mass is 32.2. The smallest absolute Gasteiger partial charge is 0.0645 e. The predicted octanol–water partition coefficient (Wildman–Crippen LogP) is 2.76. The molecule has 1 aliphatic carbocycles. The Morgan fingerprint density at radius 2 is 1.67 bits per heavy atom. The molecule has 2 fully saturated rings. The number of thioether (sulfide) groups is 1. The van der Waals surface area contributed by atoms with Crippen LogP contribution in [0.4, 0.5) is 0 Å². The lowest BCUT2D eigenvalue weighted by Crippen LogP contribution is -2.45.